The van der Waals surface area contributed by atoms with Crippen LogP contribution in [0.4, 0.5) is 0 Å². The van der Waals surface area contributed by atoms with Crippen LogP contribution in [0.3, 0.4) is 0 Å². The molecular weight excluding hydrogens is 228 g/mol. The number of phenolic OH excluding ortho intramolecular Hbond substituents is 1. The van der Waals surface area contributed by atoms with Crippen LogP contribution in [0.1, 0.15) is 5.56 Å². The lowest BCUT2D eigenvalue weighted by Gasteiger charge is -2.06. The van der Waals surface area contributed by atoms with Crippen molar-refractivity contribution < 1.29 is 9.94 Å². The third-order valence-corrected chi connectivity index (χ3v) is 2.72. The van der Waals surface area contributed by atoms with E-state index in [4.69, 9.17) is 4.84 Å². The maximum absolute atomic E-state index is 9.46. The molecule has 0 saturated heterocycles. The fraction of sp³-hybridized carbons (Fsp3) is 0.0714. The van der Waals surface area contributed by atoms with Gasteiger partial charge in [0.1, 0.15) is 17.9 Å². The first kappa shape index (κ1) is 10.7. The van der Waals surface area contributed by atoms with E-state index in [0.29, 0.717) is 6.61 Å². The second kappa shape index (κ2) is 4.41. The molecular formula is C14H12N2O2. The normalized spacial score (nSPS) is 10.7. The Hall–Kier alpha value is -2.49. The number of phenols is 1. The van der Waals surface area contributed by atoms with Crippen molar-refractivity contribution in [3.8, 4) is 5.75 Å². The van der Waals surface area contributed by atoms with Crippen molar-refractivity contribution in [1.82, 2.24) is 9.94 Å². The number of rotatable bonds is 3. The molecule has 0 radical (unpaired) electrons. The molecule has 18 heavy (non-hydrogen) atoms. The number of benzene rings is 2. The molecule has 0 aliphatic carbocycles. The monoisotopic (exact) mass is 240 g/mol. The van der Waals surface area contributed by atoms with Gasteiger partial charge in [-0.15, -0.1) is 5.10 Å². The van der Waals surface area contributed by atoms with Crippen LogP contribution in [0, 0.1) is 0 Å². The van der Waals surface area contributed by atoms with E-state index in [1.807, 2.05) is 30.3 Å². The topological polar surface area (TPSA) is 47.3 Å². The van der Waals surface area contributed by atoms with Crippen LogP contribution < -0.4 is 4.84 Å². The summed E-state index contributed by atoms with van der Waals surface area (Å²) in [6.45, 7) is 0.438. The van der Waals surface area contributed by atoms with E-state index in [9.17, 15) is 5.11 Å². The van der Waals surface area contributed by atoms with Gasteiger partial charge in [0.25, 0.3) is 0 Å². The largest absolute Gasteiger partial charge is 0.508 e. The van der Waals surface area contributed by atoms with Crippen molar-refractivity contribution in [2.24, 2.45) is 0 Å². The molecule has 0 fully saturated rings. The van der Waals surface area contributed by atoms with Crippen molar-refractivity contribution in [2.45, 2.75) is 6.61 Å². The Kier molecular flexibility index (Phi) is 2.61. The average molecular weight is 240 g/mol. The van der Waals surface area contributed by atoms with Gasteiger partial charge in [0, 0.05) is 11.5 Å². The molecule has 0 spiro atoms. The lowest BCUT2D eigenvalue weighted by molar-refractivity contribution is 0.0794. The van der Waals surface area contributed by atoms with Gasteiger partial charge >= 0.3 is 0 Å². The van der Waals surface area contributed by atoms with E-state index in [0.717, 1.165) is 16.5 Å². The number of aromatic hydroxyl groups is 1. The van der Waals surface area contributed by atoms with Gasteiger partial charge in [-0.25, -0.2) is 0 Å². The second-order valence-corrected chi connectivity index (χ2v) is 4.02. The summed E-state index contributed by atoms with van der Waals surface area (Å²) in [5, 5.41) is 14.5. The van der Waals surface area contributed by atoms with Gasteiger partial charge in [-0.3, -0.25) is 0 Å². The molecule has 4 nitrogen and oxygen atoms in total. The van der Waals surface area contributed by atoms with Gasteiger partial charge in [0.15, 0.2) is 0 Å². The van der Waals surface area contributed by atoms with Crippen LogP contribution in [0.2, 0.25) is 0 Å². The summed E-state index contributed by atoms with van der Waals surface area (Å²) in [5.74, 6) is 0.201. The molecule has 0 bridgehead atoms. The van der Waals surface area contributed by atoms with Crippen LogP contribution in [-0.2, 0) is 6.61 Å². The highest BCUT2D eigenvalue weighted by Gasteiger charge is 2.04. The van der Waals surface area contributed by atoms with Gasteiger partial charge < -0.3 is 9.94 Å². The summed E-state index contributed by atoms with van der Waals surface area (Å²) < 4.78 is 0. The van der Waals surface area contributed by atoms with Crippen LogP contribution in [0.5, 0.6) is 5.75 Å². The van der Waals surface area contributed by atoms with Gasteiger partial charge in [-0.1, -0.05) is 35.2 Å². The fourth-order valence-electron chi connectivity index (χ4n) is 1.80. The highest BCUT2D eigenvalue weighted by Crippen LogP contribution is 2.18. The summed E-state index contributed by atoms with van der Waals surface area (Å²) in [4.78, 5) is 7.03. The molecule has 4 heteroatoms. The molecule has 1 heterocycles. The van der Waals surface area contributed by atoms with E-state index >= 15 is 0 Å². The number of hydrogen-bond donors (Lipinski definition) is 1. The van der Waals surface area contributed by atoms with Gasteiger partial charge in [0.2, 0.25) is 0 Å². The minimum Gasteiger partial charge on any atom is -0.508 e. The number of aromatic nitrogens is 2. The summed E-state index contributed by atoms with van der Waals surface area (Å²) in [6, 6.07) is 14.9. The molecule has 0 amide bonds. The van der Waals surface area contributed by atoms with Crippen molar-refractivity contribution >= 4 is 10.9 Å². The molecule has 0 saturated carbocycles. The Morgan fingerprint density at radius 1 is 1.11 bits per heavy atom. The van der Waals surface area contributed by atoms with E-state index < -0.39 is 0 Å². The SMILES string of the molecule is Oc1ccc2cnn(OCc3ccccc3)c2c1. The van der Waals surface area contributed by atoms with E-state index in [1.54, 1.807) is 24.4 Å². The molecule has 0 aliphatic rings. The first-order chi connectivity index (χ1) is 8.83. The number of fused-ring (bicyclic) bond motifs is 1. The van der Waals surface area contributed by atoms with Crippen molar-refractivity contribution in [1.29, 1.82) is 0 Å². The lowest BCUT2D eigenvalue weighted by Crippen LogP contribution is -2.12. The standard InChI is InChI=1S/C14H12N2O2/c17-13-7-6-12-9-15-16(14(12)8-13)18-10-11-4-2-1-3-5-11/h1-9,17H,10H2. The van der Waals surface area contributed by atoms with E-state index in [1.165, 1.54) is 4.85 Å². The fourth-order valence-corrected chi connectivity index (χ4v) is 1.80. The predicted molar refractivity (Wildman–Crippen MR) is 68.1 cm³/mol. The summed E-state index contributed by atoms with van der Waals surface area (Å²) >= 11 is 0. The summed E-state index contributed by atoms with van der Waals surface area (Å²) in [5.41, 5.74) is 1.83. The number of nitrogens with zero attached hydrogens (tertiary/aromatic N) is 2. The lowest BCUT2D eigenvalue weighted by atomic mass is 10.2. The summed E-state index contributed by atoms with van der Waals surface area (Å²) in [6.07, 6.45) is 1.71. The first-order valence-electron chi connectivity index (χ1n) is 5.67. The van der Waals surface area contributed by atoms with Crippen LogP contribution >= 0.6 is 0 Å². The molecule has 0 aliphatic heterocycles. The van der Waals surface area contributed by atoms with Crippen LogP contribution in [0.25, 0.3) is 10.9 Å². The molecule has 1 N–H and O–H groups in total. The van der Waals surface area contributed by atoms with E-state index in [2.05, 4.69) is 5.10 Å². The van der Waals surface area contributed by atoms with Gasteiger partial charge in [0.05, 0.1) is 6.20 Å². The Labute approximate surface area is 104 Å². The molecule has 1 aromatic heterocycles. The maximum Gasteiger partial charge on any atom is 0.142 e. The van der Waals surface area contributed by atoms with Crippen LogP contribution in [0.15, 0.2) is 54.7 Å². The molecule has 0 atom stereocenters. The zero-order valence-electron chi connectivity index (χ0n) is 9.65. The molecule has 90 valence electrons. The third kappa shape index (κ3) is 2.00. The van der Waals surface area contributed by atoms with Gasteiger partial charge in [-0.2, -0.15) is 0 Å². The Bertz CT molecular complexity index is 662. The first-order valence-corrected chi connectivity index (χ1v) is 5.67. The molecule has 3 aromatic rings. The smallest absolute Gasteiger partial charge is 0.142 e. The summed E-state index contributed by atoms with van der Waals surface area (Å²) in [7, 11) is 0. The van der Waals surface area contributed by atoms with Crippen LogP contribution in [-0.4, -0.2) is 15.1 Å². The Morgan fingerprint density at radius 3 is 2.78 bits per heavy atom. The average Bonchev–Trinajstić information content (AvgIpc) is 2.80. The molecule has 3 rings (SSSR count). The predicted octanol–water partition coefficient (Wildman–Crippen LogP) is 2.37. The zero-order valence-corrected chi connectivity index (χ0v) is 9.65. The van der Waals surface area contributed by atoms with E-state index in [-0.39, 0.29) is 5.75 Å². The maximum atomic E-state index is 9.46. The Morgan fingerprint density at radius 2 is 1.94 bits per heavy atom. The Balaban J connectivity index is 1.85. The van der Waals surface area contributed by atoms with Crippen molar-refractivity contribution in [2.75, 3.05) is 0 Å². The quantitative estimate of drug-likeness (QED) is 0.764. The molecule has 0 unspecified atom stereocenters. The highest BCUT2D eigenvalue weighted by molar-refractivity contribution is 5.79. The minimum atomic E-state index is 0.201. The minimum absolute atomic E-state index is 0.201. The number of hydrogen-bond acceptors (Lipinski definition) is 3. The molecule has 2 aromatic carbocycles. The third-order valence-electron chi connectivity index (χ3n) is 2.72. The van der Waals surface area contributed by atoms with Gasteiger partial charge in [-0.05, 0) is 17.7 Å². The van der Waals surface area contributed by atoms with Crippen molar-refractivity contribution in [3.63, 3.8) is 0 Å². The second-order valence-electron chi connectivity index (χ2n) is 4.02. The van der Waals surface area contributed by atoms with Crippen molar-refractivity contribution in [3.05, 3.63) is 60.3 Å². The zero-order chi connectivity index (χ0) is 12.4. The highest BCUT2D eigenvalue weighted by atomic mass is 16.7.